The smallest absolute Gasteiger partial charge is 0.280 e. The maximum atomic E-state index is 14.8. The van der Waals surface area contributed by atoms with Gasteiger partial charge in [0.05, 0.1) is 39.1 Å². The number of ether oxygens (including phenoxy) is 1. The van der Waals surface area contributed by atoms with Crippen molar-refractivity contribution in [3.63, 3.8) is 0 Å². The molecule has 4 aliphatic rings. The minimum Gasteiger partial charge on any atom is -0.493 e. The number of carbonyl (C=O) groups is 5. The van der Waals surface area contributed by atoms with E-state index in [4.69, 9.17) is 14.8 Å². The fourth-order valence-electron chi connectivity index (χ4n) is 12.0. The second kappa shape index (κ2) is 26.4. The summed E-state index contributed by atoms with van der Waals surface area (Å²) in [6.07, 6.45) is 12.5. The molecule has 2 saturated carbocycles. The van der Waals surface area contributed by atoms with Crippen molar-refractivity contribution in [1.29, 1.82) is 0 Å². The van der Waals surface area contributed by atoms with Gasteiger partial charge >= 0.3 is 0 Å². The predicted molar refractivity (Wildman–Crippen MR) is 338 cm³/mol. The predicted octanol–water partition coefficient (Wildman–Crippen LogP) is 12.0. The first-order valence-electron chi connectivity index (χ1n) is 30.2. The molecule has 21 heteroatoms. The number of nitrogens with one attached hydrogen (secondary N) is 4. The zero-order chi connectivity index (χ0) is 60.1. The molecule has 2 atom stereocenters. The van der Waals surface area contributed by atoms with Crippen LogP contribution in [0.5, 0.6) is 5.75 Å². The molecule has 3 aromatic carbocycles. The zero-order valence-electron chi connectivity index (χ0n) is 49.6. The molecule has 0 radical (unpaired) electrons. The van der Waals surface area contributed by atoms with Crippen molar-refractivity contribution in [1.82, 2.24) is 45.0 Å². The van der Waals surface area contributed by atoms with Crippen LogP contribution in [0.1, 0.15) is 147 Å². The monoisotopic (exact) mass is 1220 g/mol. The van der Waals surface area contributed by atoms with Gasteiger partial charge in [-0.15, -0.1) is 11.3 Å². The van der Waals surface area contributed by atoms with Crippen LogP contribution in [0.3, 0.4) is 0 Å². The summed E-state index contributed by atoms with van der Waals surface area (Å²) in [7, 11) is 0. The second-order valence-corrected chi connectivity index (χ2v) is 27.2. The van der Waals surface area contributed by atoms with Gasteiger partial charge < -0.3 is 25.2 Å². The Hall–Kier alpha value is -7.23. The largest absolute Gasteiger partial charge is 0.493 e. The van der Waals surface area contributed by atoms with Gasteiger partial charge in [-0.2, -0.15) is 5.10 Å². The van der Waals surface area contributed by atoms with Crippen molar-refractivity contribution in [2.45, 2.75) is 155 Å². The fourth-order valence-corrected chi connectivity index (χ4v) is 14.3. The summed E-state index contributed by atoms with van der Waals surface area (Å²) >= 11 is 4.34. The minimum absolute atomic E-state index is 0.139. The van der Waals surface area contributed by atoms with Crippen LogP contribution in [0, 0.1) is 25.2 Å². The van der Waals surface area contributed by atoms with E-state index in [2.05, 4.69) is 53.2 Å². The van der Waals surface area contributed by atoms with Crippen LogP contribution in [0.15, 0.2) is 84.5 Å². The van der Waals surface area contributed by atoms with Gasteiger partial charge in [0.2, 0.25) is 11.8 Å². The first-order valence-corrected chi connectivity index (χ1v) is 32.9. The third-order valence-electron chi connectivity index (χ3n) is 17.2. The van der Waals surface area contributed by atoms with Crippen LogP contribution < -0.4 is 30.3 Å². The topological polar surface area (TPSA) is 206 Å². The lowest BCUT2D eigenvalue weighted by Crippen LogP contribution is -2.58. The van der Waals surface area contributed by atoms with Crippen LogP contribution in [0.2, 0.25) is 0 Å². The maximum Gasteiger partial charge on any atom is 0.280 e. The highest BCUT2D eigenvalue weighted by Gasteiger charge is 2.53. The molecule has 452 valence electrons. The van der Waals surface area contributed by atoms with Crippen LogP contribution >= 0.6 is 34.6 Å². The number of pyridine rings is 1. The first kappa shape index (κ1) is 60.5. The number of carbonyl (C=O) groups excluding carboxylic acids is 5. The van der Waals surface area contributed by atoms with E-state index in [0.717, 1.165) is 80.1 Å². The number of nitrogens with zero attached hydrogens (tertiary/aromatic N) is 7. The quantitative estimate of drug-likeness (QED) is 0.0370. The Bertz CT molecular complexity index is 3610. The number of anilines is 2. The van der Waals surface area contributed by atoms with E-state index < -0.39 is 29.1 Å². The van der Waals surface area contributed by atoms with Crippen molar-refractivity contribution in [2.75, 3.05) is 35.7 Å². The highest BCUT2D eigenvalue weighted by Crippen LogP contribution is 2.41. The van der Waals surface area contributed by atoms with E-state index in [-0.39, 0.29) is 43.0 Å². The molecule has 4 N–H and O–H groups in total. The number of amides is 5. The number of benzene rings is 3. The van der Waals surface area contributed by atoms with Gasteiger partial charge in [-0.05, 0) is 142 Å². The average Bonchev–Trinajstić information content (AvgIpc) is 2.45. The summed E-state index contributed by atoms with van der Waals surface area (Å²) in [6, 6.07) is 21.9. The molecule has 4 aromatic heterocycles. The molecule has 17 nitrogen and oxygen atoms in total. The van der Waals surface area contributed by atoms with Crippen LogP contribution in [0.4, 0.5) is 15.3 Å². The molecule has 86 heavy (non-hydrogen) atoms. The molecule has 5 amide bonds. The molecular weight excluding hydrogens is 1150 g/mol. The fraction of sp³-hybridized carbons (Fsp3) is 0.462. The molecular formula is C65H76FN11O6S3. The molecule has 1 unspecified atom stereocenters. The normalized spacial score (nSPS) is 17.0. The van der Waals surface area contributed by atoms with Gasteiger partial charge in [-0.3, -0.25) is 38.7 Å². The Morgan fingerprint density at radius 1 is 0.884 bits per heavy atom. The average molecular weight is 1220 g/mol. The lowest BCUT2D eigenvalue weighted by atomic mass is 9.85. The zero-order valence-corrected chi connectivity index (χ0v) is 52.1. The number of rotatable bonds is 22. The maximum absolute atomic E-state index is 14.8. The Labute approximate surface area is 514 Å². The van der Waals surface area contributed by atoms with Crippen molar-refractivity contribution in [2.24, 2.45) is 11.3 Å². The molecule has 2 aliphatic heterocycles. The Kier molecular flexibility index (Phi) is 18.6. The Morgan fingerprint density at radius 2 is 1.71 bits per heavy atom. The van der Waals surface area contributed by atoms with Crippen molar-refractivity contribution in [3.8, 4) is 27.3 Å². The Balaban J connectivity index is 0.723. The second-order valence-electron chi connectivity index (χ2n) is 24.4. The number of hydrogen-bond donors (Lipinski definition) is 4. The highest BCUT2D eigenvalue weighted by molar-refractivity contribution is 7.97. The molecule has 6 heterocycles. The number of para-hydroxylation sites is 1. The first-order chi connectivity index (χ1) is 41.5. The lowest BCUT2D eigenvalue weighted by molar-refractivity contribution is -0.144. The van der Waals surface area contributed by atoms with E-state index in [9.17, 15) is 28.4 Å². The molecule has 11 rings (SSSR count). The number of fused-ring (bicyclic) bond motifs is 2. The summed E-state index contributed by atoms with van der Waals surface area (Å²) in [6.45, 7) is 12.4. The van der Waals surface area contributed by atoms with E-state index in [0.29, 0.717) is 90.7 Å². The van der Waals surface area contributed by atoms with Gasteiger partial charge in [0.15, 0.2) is 10.8 Å². The number of halogens is 1. The van der Waals surface area contributed by atoms with Crippen LogP contribution in [0.25, 0.3) is 31.8 Å². The van der Waals surface area contributed by atoms with E-state index >= 15 is 0 Å². The van der Waals surface area contributed by atoms with Gasteiger partial charge in [0.25, 0.3) is 17.7 Å². The van der Waals surface area contributed by atoms with Gasteiger partial charge in [0.1, 0.15) is 29.3 Å². The molecule has 0 spiro atoms. The van der Waals surface area contributed by atoms with E-state index in [1.54, 1.807) is 11.3 Å². The SMILES string of the molecule is Cc1ncsc1-c1ccc(CNC(=O)[C@@H]2CCCN2C(=O)C(NC(=O)C2(F)CC2)C(C)(C)C)c(OCCCCCSNC(=O)c2nc(N3CCc4cccc(C(=O)Nc5nc6ccccc6s5)c4C3)ccc2-c2cnn(CC3CCCCC3)c2C)c1. The third-order valence-corrected chi connectivity index (χ3v) is 19.9. The molecule has 0 bridgehead atoms. The van der Waals surface area contributed by atoms with Gasteiger partial charge in [-0.1, -0.05) is 99.7 Å². The summed E-state index contributed by atoms with van der Waals surface area (Å²) < 4.78 is 27.5. The number of unbranched alkanes of at least 4 members (excludes halogenated alkanes) is 2. The number of thiazole rings is 2. The lowest BCUT2D eigenvalue weighted by Gasteiger charge is -2.35. The van der Waals surface area contributed by atoms with E-state index in [1.165, 1.54) is 60.3 Å². The molecule has 7 aromatic rings. The van der Waals surface area contributed by atoms with Crippen molar-refractivity contribution < 1.29 is 33.1 Å². The minimum atomic E-state index is -1.93. The Morgan fingerprint density at radius 3 is 2.49 bits per heavy atom. The highest BCUT2D eigenvalue weighted by atomic mass is 32.2. The summed E-state index contributed by atoms with van der Waals surface area (Å²) in [5.74, 6) is 0.526. The van der Waals surface area contributed by atoms with Crippen molar-refractivity contribution >= 4 is 85.3 Å². The third kappa shape index (κ3) is 13.8. The summed E-state index contributed by atoms with van der Waals surface area (Å²) in [4.78, 5) is 88.1. The molecule has 3 fully saturated rings. The van der Waals surface area contributed by atoms with Gasteiger partial charge in [0, 0.05) is 66.4 Å². The van der Waals surface area contributed by atoms with Crippen molar-refractivity contribution in [3.05, 3.63) is 124 Å². The number of hydrogen-bond acceptors (Lipinski definition) is 14. The number of likely N-dealkylation sites (tertiary alicyclic amines) is 1. The number of aromatic nitrogens is 5. The van der Waals surface area contributed by atoms with Crippen LogP contribution in [-0.2, 0) is 40.4 Å². The molecule has 1 saturated heterocycles. The number of alkyl halides is 1. The summed E-state index contributed by atoms with van der Waals surface area (Å²) in [5, 5.41) is 14.2. The standard InChI is InChI=1S/C65H76FN11O6S3/c1-40-56(84-39-68-40)44-23-24-45(35-67-59(79)51-21-15-30-76(51)61(81)57(64(3,4)5)72-62(82)65(66)28-29-65)52(34-44)83-32-12-7-13-33-85-74-60(80)55-46(48-36-69-77(41(48)2)37-42-16-8-6-9-17-42)25-26-54(71-55)75-31-27-43-18-14-19-47(49(43)38-75)58(78)73-63-70-50-20-10-11-22-53(50)86-63/h10-11,14,18-20,22-26,34,36,39,42,51,57H,6-9,12-13,15-17,21,27-33,35,37-38H2,1-5H3,(H,67,79)(H,72,82)(H,74,80)(H,70,73,78)/t51-,57?/m0/s1. The molecule has 2 aliphatic carbocycles. The van der Waals surface area contributed by atoms with Crippen LogP contribution in [-0.4, -0.2) is 102 Å². The number of aryl methyl sites for hydroxylation is 1. The van der Waals surface area contributed by atoms with Gasteiger partial charge in [-0.25, -0.2) is 19.3 Å². The summed E-state index contributed by atoms with van der Waals surface area (Å²) in [5.41, 5.74) is 8.15. The van der Waals surface area contributed by atoms with E-state index in [1.807, 2.05) is 106 Å².